The highest BCUT2D eigenvalue weighted by Crippen LogP contribution is 2.34. The number of rotatable bonds is 7. The number of pyridine rings is 1. The SMILES string of the molecule is Cc1ccc(S(=O)(=O)NC(C)C(=O)Nc2cc(O)c(NC(=O)c3ccc(C)nc3)cc2Cl)cc1. The van der Waals surface area contributed by atoms with Crippen LogP contribution in [-0.4, -0.2) is 36.4 Å². The van der Waals surface area contributed by atoms with Gasteiger partial charge in [0.1, 0.15) is 5.75 Å². The van der Waals surface area contributed by atoms with Crippen LogP contribution in [0.3, 0.4) is 0 Å². The largest absolute Gasteiger partial charge is 0.506 e. The molecular formula is C23H23ClN4O5S. The number of amides is 2. The molecule has 0 saturated heterocycles. The summed E-state index contributed by atoms with van der Waals surface area (Å²) in [7, 11) is -3.93. The van der Waals surface area contributed by atoms with Gasteiger partial charge in [0.05, 0.1) is 32.9 Å². The molecule has 1 unspecified atom stereocenters. The fraction of sp³-hybridized carbons (Fsp3) is 0.174. The summed E-state index contributed by atoms with van der Waals surface area (Å²) in [5.74, 6) is -1.55. The standard InChI is InChI=1S/C23H23ClN4O5S/c1-13-4-8-17(9-5-13)34(32,33)28-15(3)22(30)26-19-11-21(29)20(10-18(19)24)27-23(31)16-7-6-14(2)25-12-16/h4-12,15,28-29H,1-3H3,(H,26,30)(H,27,31). The molecule has 1 aromatic heterocycles. The lowest BCUT2D eigenvalue weighted by Gasteiger charge is -2.16. The second-order valence-corrected chi connectivity index (χ2v) is 9.76. The molecule has 178 valence electrons. The molecule has 4 N–H and O–H groups in total. The van der Waals surface area contributed by atoms with Crippen LogP contribution < -0.4 is 15.4 Å². The Balaban J connectivity index is 1.69. The van der Waals surface area contributed by atoms with Gasteiger partial charge in [-0.3, -0.25) is 14.6 Å². The van der Waals surface area contributed by atoms with Crippen LogP contribution in [0.15, 0.2) is 59.6 Å². The Hall–Kier alpha value is -3.47. The molecule has 11 heteroatoms. The Bertz CT molecular complexity index is 1330. The first-order valence-electron chi connectivity index (χ1n) is 10.1. The van der Waals surface area contributed by atoms with Crippen molar-refractivity contribution in [3.8, 4) is 5.75 Å². The molecule has 1 heterocycles. The number of carbonyl (C=O) groups excluding carboxylic acids is 2. The number of nitrogens with zero attached hydrogens (tertiary/aromatic N) is 1. The molecule has 2 amide bonds. The van der Waals surface area contributed by atoms with Crippen molar-refractivity contribution in [3.05, 3.63) is 76.6 Å². The van der Waals surface area contributed by atoms with Gasteiger partial charge >= 0.3 is 0 Å². The molecular weight excluding hydrogens is 480 g/mol. The van der Waals surface area contributed by atoms with Crippen LogP contribution in [-0.2, 0) is 14.8 Å². The lowest BCUT2D eigenvalue weighted by atomic mass is 10.2. The maximum absolute atomic E-state index is 12.6. The van der Waals surface area contributed by atoms with Gasteiger partial charge in [-0.05, 0) is 51.1 Å². The Morgan fingerprint density at radius 2 is 1.68 bits per heavy atom. The van der Waals surface area contributed by atoms with Crippen LogP contribution in [0.5, 0.6) is 5.75 Å². The lowest BCUT2D eigenvalue weighted by Crippen LogP contribution is -2.41. The minimum Gasteiger partial charge on any atom is -0.506 e. The van der Waals surface area contributed by atoms with Gasteiger partial charge in [-0.15, -0.1) is 0 Å². The fourth-order valence-corrected chi connectivity index (χ4v) is 4.28. The predicted molar refractivity (Wildman–Crippen MR) is 130 cm³/mol. The Morgan fingerprint density at radius 1 is 1.00 bits per heavy atom. The number of aromatic nitrogens is 1. The number of aromatic hydroxyl groups is 1. The third kappa shape index (κ3) is 6.10. The van der Waals surface area contributed by atoms with Crippen LogP contribution in [0.4, 0.5) is 11.4 Å². The number of nitrogens with one attached hydrogen (secondary N) is 3. The van der Waals surface area contributed by atoms with E-state index in [4.69, 9.17) is 11.6 Å². The first kappa shape index (κ1) is 25.2. The number of benzene rings is 2. The van der Waals surface area contributed by atoms with Crippen molar-refractivity contribution in [1.29, 1.82) is 0 Å². The number of carbonyl (C=O) groups is 2. The summed E-state index contributed by atoms with van der Waals surface area (Å²) in [6.45, 7) is 4.99. The number of aryl methyl sites for hydroxylation is 2. The first-order valence-corrected chi connectivity index (χ1v) is 12.0. The normalized spacial score (nSPS) is 12.1. The van der Waals surface area contributed by atoms with E-state index in [1.165, 1.54) is 31.3 Å². The summed E-state index contributed by atoms with van der Waals surface area (Å²) >= 11 is 6.22. The summed E-state index contributed by atoms with van der Waals surface area (Å²) in [4.78, 5) is 29.0. The molecule has 3 rings (SSSR count). The predicted octanol–water partition coefficient (Wildman–Crippen LogP) is 3.62. The second kappa shape index (κ2) is 10.2. The van der Waals surface area contributed by atoms with Gasteiger partial charge in [-0.25, -0.2) is 8.42 Å². The smallest absolute Gasteiger partial charge is 0.257 e. The minimum absolute atomic E-state index is 0.0251. The van der Waals surface area contributed by atoms with E-state index in [0.717, 1.165) is 17.3 Å². The lowest BCUT2D eigenvalue weighted by molar-refractivity contribution is -0.117. The van der Waals surface area contributed by atoms with Crippen molar-refractivity contribution < 1.29 is 23.1 Å². The van der Waals surface area contributed by atoms with Gasteiger partial charge in [0, 0.05) is 18.0 Å². The minimum atomic E-state index is -3.93. The number of hydrogen-bond donors (Lipinski definition) is 4. The van der Waals surface area contributed by atoms with Crippen LogP contribution in [0, 0.1) is 13.8 Å². The van der Waals surface area contributed by atoms with Crippen LogP contribution >= 0.6 is 11.6 Å². The van der Waals surface area contributed by atoms with Crippen molar-refractivity contribution in [3.63, 3.8) is 0 Å². The highest BCUT2D eigenvalue weighted by Gasteiger charge is 2.23. The van der Waals surface area contributed by atoms with Gasteiger partial charge in [-0.1, -0.05) is 29.3 Å². The van der Waals surface area contributed by atoms with Crippen LogP contribution in [0.2, 0.25) is 5.02 Å². The summed E-state index contributed by atoms with van der Waals surface area (Å²) < 4.78 is 27.3. The second-order valence-electron chi connectivity index (χ2n) is 7.64. The molecule has 0 aliphatic heterocycles. The zero-order valence-electron chi connectivity index (χ0n) is 18.6. The molecule has 0 saturated carbocycles. The fourth-order valence-electron chi connectivity index (χ4n) is 2.87. The van der Waals surface area contributed by atoms with E-state index in [1.807, 2.05) is 6.92 Å². The summed E-state index contributed by atoms with van der Waals surface area (Å²) in [6, 6.07) is 10.7. The third-order valence-electron chi connectivity index (χ3n) is 4.82. The number of hydrogen-bond acceptors (Lipinski definition) is 6. The number of halogens is 1. The molecule has 3 aromatic rings. The highest BCUT2D eigenvalue weighted by molar-refractivity contribution is 7.89. The van der Waals surface area contributed by atoms with E-state index in [1.54, 1.807) is 31.2 Å². The molecule has 0 aliphatic rings. The van der Waals surface area contributed by atoms with Gasteiger partial charge < -0.3 is 15.7 Å². The Kier molecular flexibility index (Phi) is 7.55. The van der Waals surface area contributed by atoms with Crippen LogP contribution in [0.25, 0.3) is 0 Å². The van der Waals surface area contributed by atoms with E-state index in [9.17, 15) is 23.1 Å². The first-order chi connectivity index (χ1) is 16.0. The van der Waals surface area contributed by atoms with Gasteiger partial charge in [0.2, 0.25) is 15.9 Å². The van der Waals surface area contributed by atoms with Crippen molar-refractivity contribution in [2.75, 3.05) is 10.6 Å². The molecule has 9 nitrogen and oxygen atoms in total. The zero-order valence-corrected chi connectivity index (χ0v) is 20.2. The van der Waals surface area contributed by atoms with E-state index in [0.29, 0.717) is 0 Å². The topological polar surface area (TPSA) is 137 Å². The zero-order chi connectivity index (χ0) is 25.0. The van der Waals surface area contributed by atoms with E-state index >= 15 is 0 Å². The van der Waals surface area contributed by atoms with E-state index < -0.39 is 27.9 Å². The molecule has 0 fully saturated rings. The maximum atomic E-state index is 12.6. The quantitative estimate of drug-likeness (QED) is 0.364. The summed E-state index contributed by atoms with van der Waals surface area (Å²) in [5.41, 5.74) is 2.00. The Labute approximate surface area is 202 Å². The average molecular weight is 503 g/mol. The maximum Gasteiger partial charge on any atom is 0.257 e. The number of phenols is 1. The number of anilines is 2. The third-order valence-corrected chi connectivity index (χ3v) is 6.69. The summed E-state index contributed by atoms with van der Waals surface area (Å²) in [6.07, 6.45) is 1.40. The molecule has 0 spiro atoms. The highest BCUT2D eigenvalue weighted by atomic mass is 35.5. The monoisotopic (exact) mass is 502 g/mol. The van der Waals surface area contributed by atoms with Gasteiger partial charge in [-0.2, -0.15) is 4.72 Å². The molecule has 34 heavy (non-hydrogen) atoms. The molecule has 0 aliphatic carbocycles. The Morgan fingerprint density at radius 3 is 2.29 bits per heavy atom. The van der Waals surface area contributed by atoms with E-state index in [2.05, 4.69) is 20.3 Å². The van der Waals surface area contributed by atoms with E-state index in [-0.39, 0.29) is 32.6 Å². The van der Waals surface area contributed by atoms with Crippen molar-refractivity contribution in [2.45, 2.75) is 31.7 Å². The van der Waals surface area contributed by atoms with Crippen molar-refractivity contribution in [1.82, 2.24) is 9.71 Å². The molecule has 0 radical (unpaired) electrons. The van der Waals surface area contributed by atoms with Crippen LogP contribution in [0.1, 0.15) is 28.5 Å². The van der Waals surface area contributed by atoms with Crippen molar-refractivity contribution >= 4 is 44.8 Å². The van der Waals surface area contributed by atoms with Gasteiger partial charge in [0.25, 0.3) is 5.91 Å². The summed E-state index contributed by atoms with van der Waals surface area (Å²) in [5, 5.41) is 15.3. The molecule has 1 atom stereocenters. The average Bonchev–Trinajstić information content (AvgIpc) is 2.77. The van der Waals surface area contributed by atoms with Gasteiger partial charge in [0.15, 0.2) is 0 Å². The number of phenolic OH excluding ortho intramolecular Hbond substituents is 1. The van der Waals surface area contributed by atoms with Crippen molar-refractivity contribution in [2.24, 2.45) is 0 Å². The molecule has 0 bridgehead atoms. The number of sulfonamides is 1. The molecule has 2 aromatic carbocycles.